The fraction of sp³-hybridized carbons (Fsp3) is 0.333. The van der Waals surface area contributed by atoms with Gasteiger partial charge in [-0.15, -0.1) is 0 Å². The number of benzene rings is 1. The fourth-order valence-corrected chi connectivity index (χ4v) is 1.58. The largest absolute Gasteiger partial charge is 0.456 e. The van der Waals surface area contributed by atoms with E-state index in [9.17, 15) is 0 Å². The Morgan fingerprint density at radius 1 is 1.33 bits per heavy atom. The summed E-state index contributed by atoms with van der Waals surface area (Å²) in [6.45, 7) is 2.15. The molecule has 0 bridgehead atoms. The summed E-state index contributed by atoms with van der Waals surface area (Å²) < 4.78 is 5.74. The van der Waals surface area contributed by atoms with Gasteiger partial charge in [-0.1, -0.05) is 25.5 Å². The van der Waals surface area contributed by atoms with E-state index in [1.807, 2.05) is 24.3 Å². The van der Waals surface area contributed by atoms with Crippen LogP contribution in [0.15, 0.2) is 35.8 Å². The van der Waals surface area contributed by atoms with E-state index >= 15 is 0 Å². The molecule has 1 aliphatic heterocycles. The third-order valence-corrected chi connectivity index (χ3v) is 2.45. The molecule has 0 aliphatic carbocycles. The van der Waals surface area contributed by atoms with Crippen molar-refractivity contribution in [1.29, 1.82) is 0 Å². The normalized spacial score (nSPS) is 14.2. The highest BCUT2D eigenvalue weighted by atomic mass is 16.5. The maximum absolute atomic E-state index is 5.88. The first-order valence-electron chi connectivity index (χ1n) is 5.33. The molecule has 0 saturated carbocycles. The van der Waals surface area contributed by atoms with Gasteiger partial charge < -0.3 is 15.8 Å². The Bertz CT molecular complexity index is 385. The number of para-hydroxylation sites is 2. The maximum atomic E-state index is 5.88. The number of fused-ring (bicyclic) bond motifs is 1. The lowest BCUT2D eigenvalue weighted by Gasteiger charge is -2.22. The van der Waals surface area contributed by atoms with E-state index in [-0.39, 0.29) is 0 Å². The first-order chi connectivity index (χ1) is 7.31. The van der Waals surface area contributed by atoms with Crippen molar-refractivity contribution in [3.8, 4) is 5.75 Å². The monoisotopic (exact) mass is 204 g/mol. The summed E-state index contributed by atoms with van der Waals surface area (Å²) in [5.74, 6) is 2.36. The quantitative estimate of drug-likeness (QED) is 0.795. The Balaban J connectivity index is 2.16. The molecule has 0 saturated heterocycles. The summed E-state index contributed by atoms with van der Waals surface area (Å²) >= 11 is 0. The van der Waals surface area contributed by atoms with Crippen LogP contribution in [-0.2, 0) is 0 Å². The van der Waals surface area contributed by atoms with E-state index in [1.54, 1.807) is 0 Å². The van der Waals surface area contributed by atoms with Gasteiger partial charge in [-0.05, 0) is 18.6 Å². The highest BCUT2D eigenvalue weighted by Gasteiger charge is 2.15. The van der Waals surface area contributed by atoms with Crippen LogP contribution in [0.3, 0.4) is 0 Å². The van der Waals surface area contributed by atoms with Crippen LogP contribution in [0.2, 0.25) is 0 Å². The zero-order valence-corrected chi connectivity index (χ0v) is 8.92. The summed E-state index contributed by atoms with van der Waals surface area (Å²) in [5, 5.41) is 3.15. The van der Waals surface area contributed by atoms with Crippen molar-refractivity contribution in [2.75, 3.05) is 5.32 Å². The van der Waals surface area contributed by atoms with Gasteiger partial charge in [-0.25, -0.2) is 0 Å². The second-order valence-electron chi connectivity index (χ2n) is 3.66. The number of hydrogen-bond donors (Lipinski definition) is 2. The van der Waals surface area contributed by atoms with Gasteiger partial charge >= 0.3 is 0 Å². The number of ether oxygens (including phenoxy) is 1. The standard InChI is InChI=1S/C12H16N2O/c1-2-3-7-11-12(13)14-9-6-4-5-8-10(9)15-11/h4-6,8,14H,2-3,7,13H2,1H3. The average molecular weight is 204 g/mol. The molecule has 0 fully saturated rings. The molecule has 3 N–H and O–H groups in total. The molecule has 1 aliphatic rings. The summed E-state index contributed by atoms with van der Waals surface area (Å²) in [6, 6.07) is 7.82. The van der Waals surface area contributed by atoms with E-state index in [1.165, 1.54) is 0 Å². The van der Waals surface area contributed by atoms with E-state index in [0.29, 0.717) is 5.82 Å². The minimum atomic E-state index is 0.641. The van der Waals surface area contributed by atoms with Crippen molar-refractivity contribution in [3.05, 3.63) is 35.8 Å². The Morgan fingerprint density at radius 2 is 2.13 bits per heavy atom. The van der Waals surface area contributed by atoms with Gasteiger partial charge in [0.2, 0.25) is 0 Å². The predicted molar refractivity (Wildman–Crippen MR) is 61.4 cm³/mol. The second kappa shape index (κ2) is 4.26. The van der Waals surface area contributed by atoms with Crippen molar-refractivity contribution < 1.29 is 4.74 Å². The number of rotatable bonds is 3. The Labute approximate surface area is 89.9 Å². The van der Waals surface area contributed by atoms with Crippen LogP contribution in [-0.4, -0.2) is 0 Å². The van der Waals surface area contributed by atoms with Crippen molar-refractivity contribution in [2.24, 2.45) is 5.73 Å². The molecule has 0 unspecified atom stereocenters. The average Bonchev–Trinajstić information content (AvgIpc) is 2.26. The van der Waals surface area contributed by atoms with Crippen molar-refractivity contribution in [2.45, 2.75) is 26.2 Å². The highest BCUT2D eigenvalue weighted by Crippen LogP contribution is 2.32. The number of hydrogen-bond acceptors (Lipinski definition) is 3. The second-order valence-corrected chi connectivity index (χ2v) is 3.66. The molecule has 3 heteroatoms. The molecule has 0 radical (unpaired) electrons. The van der Waals surface area contributed by atoms with Crippen LogP contribution in [0, 0.1) is 0 Å². The van der Waals surface area contributed by atoms with Crippen LogP contribution in [0.5, 0.6) is 5.75 Å². The minimum absolute atomic E-state index is 0.641. The smallest absolute Gasteiger partial charge is 0.150 e. The third kappa shape index (κ3) is 2.06. The molecule has 3 nitrogen and oxygen atoms in total. The third-order valence-electron chi connectivity index (χ3n) is 2.45. The topological polar surface area (TPSA) is 47.3 Å². The molecule has 0 amide bonds. The van der Waals surface area contributed by atoms with Gasteiger partial charge in [0, 0.05) is 6.42 Å². The molecular weight excluding hydrogens is 188 g/mol. The highest BCUT2D eigenvalue weighted by molar-refractivity contribution is 5.62. The summed E-state index contributed by atoms with van der Waals surface area (Å²) in [4.78, 5) is 0. The minimum Gasteiger partial charge on any atom is -0.456 e. The number of anilines is 1. The SMILES string of the molecule is CCCCC1=C(N)Nc2ccccc2O1. The number of nitrogens with two attached hydrogens (primary N) is 1. The first kappa shape index (κ1) is 9.90. The van der Waals surface area contributed by atoms with Gasteiger partial charge in [-0.2, -0.15) is 0 Å². The van der Waals surface area contributed by atoms with E-state index in [0.717, 1.165) is 36.5 Å². The lowest BCUT2D eigenvalue weighted by molar-refractivity contribution is 0.386. The van der Waals surface area contributed by atoms with Crippen LogP contribution in [0.25, 0.3) is 0 Å². The summed E-state index contributed by atoms with van der Waals surface area (Å²) in [7, 11) is 0. The Kier molecular flexibility index (Phi) is 2.81. The number of allylic oxidation sites excluding steroid dienone is 1. The molecule has 1 aromatic carbocycles. The lowest BCUT2D eigenvalue weighted by Crippen LogP contribution is -2.20. The van der Waals surface area contributed by atoms with Gasteiger partial charge in [-0.3, -0.25) is 0 Å². The van der Waals surface area contributed by atoms with E-state index in [2.05, 4.69) is 12.2 Å². The van der Waals surface area contributed by atoms with Gasteiger partial charge in [0.25, 0.3) is 0 Å². The zero-order chi connectivity index (χ0) is 10.7. The Morgan fingerprint density at radius 3 is 2.93 bits per heavy atom. The van der Waals surface area contributed by atoms with E-state index < -0.39 is 0 Å². The molecule has 15 heavy (non-hydrogen) atoms. The maximum Gasteiger partial charge on any atom is 0.150 e. The Hall–Kier alpha value is -1.64. The van der Waals surface area contributed by atoms with Crippen molar-refractivity contribution >= 4 is 5.69 Å². The molecule has 1 heterocycles. The zero-order valence-electron chi connectivity index (χ0n) is 8.92. The first-order valence-corrected chi connectivity index (χ1v) is 5.33. The van der Waals surface area contributed by atoms with Crippen LogP contribution in [0.4, 0.5) is 5.69 Å². The van der Waals surface area contributed by atoms with Crippen LogP contribution < -0.4 is 15.8 Å². The molecule has 0 atom stereocenters. The molecule has 0 spiro atoms. The molecule has 80 valence electrons. The summed E-state index contributed by atoms with van der Waals surface area (Å²) in [5.41, 5.74) is 6.82. The fourth-order valence-electron chi connectivity index (χ4n) is 1.58. The summed E-state index contributed by atoms with van der Waals surface area (Å²) in [6.07, 6.45) is 3.13. The van der Waals surface area contributed by atoms with Crippen molar-refractivity contribution in [3.63, 3.8) is 0 Å². The van der Waals surface area contributed by atoms with Crippen LogP contribution in [0.1, 0.15) is 26.2 Å². The van der Waals surface area contributed by atoms with Gasteiger partial charge in [0.05, 0.1) is 5.69 Å². The van der Waals surface area contributed by atoms with E-state index in [4.69, 9.17) is 10.5 Å². The predicted octanol–water partition coefficient (Wildman–Crippen LogP) is 2.81. The number of unbranched alkanes of at least 4 members (excludes halogenated alkanes) is 1. The van der Waals surface area contributed by atoms with Crippen molar-refractivity contribution in [1.82, 2.24) is 0 Å². The molecule has 2 rings (SSSR count). The number of nitrogens with one attached hydrogen (secondary N) is 1. The van der Waals surface area contributed by atoms with Crippen LogP contribution >= 0.6 is 0 Å². The molecule has 1 aromatic rings. The lowest BCUT2D eigenvalue weighted by atomic mass is 10.2. The molecular formula is C12H16N2O. The molecule has 0 aromatic heterocycles. The van der Waals surface area contributed by atoms with Gasteiger partial charge in [0.1, 0.15) is 11.6 Å². The van der Waals surface area contributed by atoms with Gasteiger partial charge in [0.15, 0.2) is 5.75 Å².